The number of carbonyl (C=O) groups excluding carboxylic acids is 1. The minimum Gasteiger partial charge on any atom is -0.388 e. The lowest BCUT2D eigenvalue weighted by molar-refractivity contribution is -0.113. The van der Waals surface area contributed by atoms with E-state index >= 15 is 0 Å². The van der Waals surface area contributed by atoms with Gasteiger partial charge < -0.3 is 10.5 Å². The molecule has 0 aromatic carbocycles. The summed E-state index contributed by atoms with van der Waals surface area (Å²) >= 11 is 10.6. The fraction of sp³-hybridized carbons (Fsp3) is 0.250. The second-order valence-electron chi connectivity index (χ2n) is 2.04. The summed E-state index contributed by atoms with van der Waals surface area (Å²) in [7, 11) is 3.25. The van der Waals surface area contributed by atoms with Crippen molar-refractivity contribution in [2.24, 2.45) is 5.73 Å². The summed E-state index contributed by atoms with van der Waals surface area (Å²) in [5.41, 5.74) is 4.53. The molecule has 0 saturated carbocycles. The quantitative estimate of drug-likeness (QED) is 0.769. The summed E-state index contributed by atoms with van der Waals surface area (Å²) in [6.07, 6.45) is 2.30. The first-order valence-corrected chi connectivity index (χ1v) is 4.55. The number of ether oxygens (including phenoxy) is 1. The summed E-state index contributed by atoms with van der Waals surface area (Å²) in [6.45, 7) is 3.09. The molecular formula is C8H12Cl2N4O2. The molecule has 1 aromatic rings. The van der Waals surface area contributed by atoms with Crippen molar-refractivity contribution in [2.75, 3.05) is 14.2 Å². The Bertz CT molecular complexity index is 305. The van der Waals surface area contributed by atoms with Crippen LogP contribution in [0.15, 0.2) is 19.0 Å². The highest BCUT2D eigenvalue weighted by Crippen LogP contribution is 2.00. The molecule has 1 amide bonds. The van der Waals surface area contributed by atoms with E-state index in [-0.39, 0.29) is 10.6 Å². The normalized spacial score (nSPS) is 7.75. The fourth-order valence-corrected chi connectivity index (χ4v) is 0.549. The van der Waals surface area contributed by atoms with Gasteiger partial charge in [-0.1, -0.05) is 6.58 Å². The van der Waals surface area contributed by atoms with Crippen molar-refractivity contribution in [2.45, 2.75) is 0 Å². The van der Waals surface area contributed by atoms with Gasteiger partial charge in [0.1, 0.15) is 6.33 Å². The Morgan fingerprint density at radius 2 is 1.75 bits per heavy atom. The standard InChI is InChI=1S/C3HCl2N3.C3H5NO.C2H6O/c4-2-6-1-7-3(5)8-2;1-2-3(4)5;1-3-2/h1H;2H,1H2,(H2,4,5);1-2H3. The third-order valence-corrected chi connectivity index (χ3v) is 1.08. The zero-order valence-electron chi connectivity index (χ0n) is 8.85. The van der Waals surface area contributed by atoms with Gasteiger partial charge in [-0.15, -0.1) is 0 Å². The molecule has 1 rings (SSSR count). The SMILES string of the molecule is C=CC(N)=O.COC.Clc1ncnc(Cl)n1. The Labute approximate surface area is 103 Å². The summed E-state index contributed by atoms with van der Waals surface area (Å²) < 4.78 is 4.25. The van der Waals surface area contributed by atoms with Crippen LogP contribution in [0.25, 0.3) is 0 Å². The molecule has 6 nitrogen and oxygen atoms in total. The van der Waals surface area contributed by atoms with Crippen molar-refractivity contribution in [3.63, 3.8) is 0 Å². The first-order chi connectivity index (χ1) is 7.47. The van der Waals surface area contributed by atoms with E-state index in [9.17, 15) is 4.79 Å². The zero-order valence-corrected chi connectivity index (χ0v) is 10.4. The van der Waals surface area contributed by atoms with Crippen LogP contribution < -0.4 is 5.73 Å². The van der Waals surface area contributed by atoms with Crippen molar-refractivity contribution in [3.05, 3.63) is 29.5 Å². The Morgan fingerprint density at radius 1 is 1.44 bits per heavy atom. The molecule has 2 N–H and O–H groups in total. The number of carbonyl (C=O) groups is 1. The number of nitrogens with zero attached hydrogens (tertiary/aromatic N) is 3. The van der Waals surface area contributed by atoms with Crippen LogP contribution in [-0.2, 0) is 9.53 Å². The van der Waals surface area contributed by atoms with E-state index in [4.69, 9.17) is 23.2 Å². The van der Waals surface area contributed by atoms with Gasteiger partial charge in [-0.05, 0) is 29.3 Å². The minimum atomic E-state index is -0.481. The molecule has 0 atom stereocenters. The first kappa shape index (κ1) is 17.2. The van der Waals surface area contributed by atoms with Gasteiger partial charge in [0.25, 0.3) is 0 Å². The summed E-state index contributed by atoms with van der Waals surface area (Å²) in [4.78, 5) is 20.0. The molecule has 16 heavy (non-hydrogen) atoms. The van der Waals surface area contributed by atoms with Gasteiger partial charge in [0.15, 0.2) is 0 Å². The predicted molar refractivity (Wildman–Crippen MR) is 62.2 cm³/mol. The summed E-state index contributed by atoms with van der Waals surface area (Å²) in [5.74, 6) is -0.481. The van der Waals surface area contributed by atoms with E-state index in [1.165, 1.54) is 6.33 Å². The molecule has 8 heteroatoms. The number of aromatic nitrogens is 3. The van der Waals surface area contributed by atoms with Crippen molar-refractivity contribution < 1.29 is 9.53 Å². The highest BCUT2D eigenvalue weighted by Gasteiger charge is 1.89. The Kier molecular flexibility index (Phi) is 12.7. The van der Waals surface area contributed by atoms with E-state index < -0.39 is 5.91 Å². The molecule has 0 fully saturated rings. The largest absolute Gasteiger partial charge is 0.388 e. The number of halogens is 2. The fourth-order valence-electron chi connectivity index (χ4n) is 0.258. The molecular weight excluding hydrogens is 255 g/mol. The number of hydrogen-bond donors (Lipinski definition) is 1. The second-order valence-corrected chi connectivity index (χ2v) is 2.71. The van der Waals surface area contributed by atoms with Crippen LogP contribution >= 0.6 is 23.2 Å². The van der Waals surface area contributed by atoms with Gasteiger partial charge in [-0.25, -0.2) is 9.97 Å². The number of primary amides is 1. The van der Waals surface area contributed by atoms with Crippen molar-refractivity contribution in [1.29, 1.82) is 0 Å². The molecule has 0 spiro atoms. The minimum absolute atomic E-state index is 0.116. The Balaban J connectivity index is 0. The van der Waals surface area contributed by atoms with Gasteiger partial charge in [0.05, 0.1) is 0 Å². The summed E-state index contributed by atoms with van der Waals surface area (Å²) in [5, 5.41) is 0.231. The highest BCUT2D eigenvalue weighted by molar-refractivity contribution is 6.30. The third kappa shape index (κ3) is 15.2. The van der Waals surface area contributed by atoms with Crippen LogP contribution in [0.4, 0.5) is 0 Å². The summed E-state index contributed by atoms with van der Waals surface area (Å²) in [6, 6.07) is 0. The van der Waals surface area contributed by atoms with Crippen LogP contribution in [-0.4, -0.2) is 35.1 Å². The number of methoxy groups -OCH3 is 1. The number of hydrogen-bond acceptors (Lipinski definition) is 5. The molecule has 1 aromatic heterocycles. The lowest BCUT2D eigenvalue weighted by Gasteiger charge is -1.84. The lowest BCUT2D eigenvalue weighted by atomic mass is 10.6. The van der Waals surface area contributed by atoms with Crippen LogP contribution in [0.1, 0.15) is 0 Å². The third-order valence-electron chi connectivity index (χ3n) is 0.714. The molecule has 0 unspecified atom stereocenters. The molecule has 1 heterocycles. The average Bonchev–Trinajstić information content (AvgIpc) is 2.19. The second kappa shape index (κ2) is 11.8. The number of amides is 1. The Morgan fingerprint density at radius 3 is 1.88 bits per heavy atom. The smallest absolute Gasteiger partial charge is 0.240 e. The molecule has 90 valence electrons. The van der Waals surface area contributed by atoms with Crippen molar-refractivity contribution >= 4 is 29.1 Å². The monoisotopic (exact) mass is 266 g/mol. The molecule has 0 radical (unpaired) electrons. The van der Waals surface area contributed by atoms with Gasteiger partial charge in [-0.2, -0.15) is 4.98 Å². The lowest BCUT2D eigenvalue weighted by Crippen LogP contribution is -2.04. The Hall–Kier alpha value is -1.24. The number of nitrogens with two attached hydrogens (primary N) is 1. The van der Waals surface area contributed by atoms with E-state index in [2.05, 4.69) is 32.0 Å². The van der Waals surface area contributed by atoms with Crippen molar-refractivity contribution in [3.8, 4) is 0 Å². The van der Waals surface area contributed by atoms with E-state index in [0.717, 1.165) is 6.08 Å². The average molecular weight is 267 g/mol. The molecule has 0 aliphatic heterocycles. The van der Waals surface area contributed by atoms with E-state index in [0.29, 0.717) is 0 Å². The highest BCUT2D eigenvalue weighted by atomic mass is 35.5. The maximum absolute atomic E-state index is 9.47. The maximum atomic E-state index is 9.47. The topological polar surface area (TPSA) is 91.0 Å². The molecule has 0 aliphatic carbocycles. The first-order valence-electron chi connectivity index (χ1n) is 3.80. The van der Waals surface area contributed by atoms with Crippen LogP contribution in [0.2, 0.25) is 10.6 Å². The predicted octanol–water partition coefficient (Wildman–Crippen LogP) is 1.10. The van der Waals surface area contributed by atoms with Gasteiger partial charge in [-0.3, -0.25) is 4.79 Å². The van der Waals surface area contributed by atoms with Gasteiger partial charge >= 0.3 is 0 Å². The molecule has 0 bridgehead atoms. The van der Waals surface area contributed by atoms with Crippen LogP contribution in [0.5, 0.6) is 0 Å². The van der Waals surface area contributed by atoms with Crippen molar-refractivity contribution in [1.82, 2.24) is 15.0 Å². The van der Waals surface area contributed by atoms with E-state index in [1.807, 2.05) is 0 Å². The molecule has 0 aliphatic rings. The van der Waals surface area contributed by atoms with Crippen LogP contribution in [0.3, 0.4) is 0 Å². The van der Waals surface area contributed by atoms with Gasteiger partial charge in [0, 0.05) is 14.2 Å². The number of rotatable bonds is 1. The molecule has 0 saturated heterocycles. The zero-order chi connectivity index (χ0) is 13.0. The maximum Gasteiger partial charge on any atom is 0.240 e. The van der Waals surface area contributed by atoms with E-state index in [1.54, 1.807) is 14.2 Å². The van der Waals surface area contributed by atoms with Gasteiger partial charge in [0.2, 0.25) is 16.5 Å². The van der Waals surface area contributed by atoms with Crippen LogP contribution in [0, 0.1) is 0 Å².